The first-order valence-electron chi connectivity index (χ1n) is 7.80. The largest absolute Gasteiger partial charge is 0.394 e. The van der Waals surface area contributed by atoms with Crippen LogP contribution < -0.4 is 5.32 Å². The molecule has 1 aliphatic carbocycles. The number of carbonyl (C=O) groups excluding carboxylic acids is 1. The highest BCUT2D eigenvalue weighted by Gasteiger charge is 2.34. The van der Waals surface area contributed by atoms with Crippen LogP contribution in [0.15, 0.2) is 10.6 Å². The highest BCUT2D eigenvalue weighted by Crippen LogP contribution is 2.40. The smallest absolute Gasteiger partial charge is 0.273 e. The van der Waals surface area contributed by atoms with Gasteiger partial charge >= 0.3 is 0 Å². The van der Waals surface area contributed by atoms with Crippen molar-refractivity contribution in [3.63, 3.8) is 0 Å². The van der Waals surface area contributed by atoms with E-state index in [-0.39, 0.29) is 18.1 Å². The average molecular weight is 326 g/mol. The van der Waals surface area contributed by atoms with Crippen molar-refractivity contribution < 1.29 is 19.2 Å². The minimum atomic E-state index is -0.368. The van der Waals surface area contributed by atoms with Gasteiger partial charge in [-0.25, -0.2) is 0 Å². The molecule has 2 N–H and O–H groups in total. The molecule has 0 atom stereocenters. The van der Waals surface area contributed by atoms with Crippen molar-refractivity contribution in [2.45, 2.75) is 37.2 Å². The number of aromatic nitrogens is 1. The monoisotopic (exact) mass is 326 g/mol. The number of nitrogens with zero attached hydrogens (tertiary/aromatic N) is 1. The predicted molar refractivity (Wildman–Crippen MR) is 83.1 cm³/mol. The van der Waals surface area contributed by atoms with E-state index in [2.05, 4.69) is 10.5 Å². The van der Waals surface area contributed by atoms with Gasteiger partial charge in [-0.15, -0.1) is 0 Å². The molecule has 1 saturated heterocycles. The topological polar surface area (TPSA) is 84.6 Å². The molecular formula is C15H22N2O4S. The van der Waals surface area contributed by atoms with Crippen molar-refractivity contribution in [3.8, 4) is 0 Å². The number of aliphatic hydroxyl groups is 1. The Morgan fingerprint density at radius 2 is 2.27 bits per heavy atom. The molecular weight excluding hydrogens is 304 g/mol. The standard InChI is InChI=1S/C15H22N2O4S/c18-5-6-20-15(3-7-22-8-4-15)10-16-14(19)12-9-13(21-17-12)11-1-2-11/h9,11,18H,1-8,10H2,(H,16,19). The van der Waals surface area contributed by atoms with E-state index in [4.69, 9.17) is 14.4 Å². The lowest BCUT2D eigenvalue weighted by Gasteiger charge is -2.36. The summed E-state index contributed by atoms with van der Waals surface area (Å²) in [4.78, 5) is 12.2. The molecule has 1 amide bonds. The zero-order valence-electron chi connectivity index (χ0n) is 12.5. The maximum atomic E-state index is 12.2. The number of rotatable bonds is 7. The first-order valence-corrected chi connectivity index (χ1v) is 8.95. The van der Waals surface area contributed by atoms with Gasteiger partial charge < -0.3 is 19.7 Å². The van der Waals surface area contributed by atoms with E-state index in [1.807, 2.05) is 11.8 Å². The van der Waals surface area contributed by atoms with Gasteiger partial charge in [-0.3, -0.25) is 4.79 Å². The van der Waals surface area contributed by atoms with E-state index in [0.717, 1.165) is 42.9 Å². The molecule has 0 spiro atoms. The Kier molecular flexibility index (Phi) is 5.05. The Morgan fingerprint density at radius 3 is 2.95 bits per heavy atom. The molecule has 2 heterocycles. The highest BCUT2D eigenvalue weighted by molar-refractivity contribution is 7.99. The highest BCUT2D eigenvalue weighted by atomic mass is 32.2. The quantitative estimate of drug-likeness (QED) is 0.791. The summed E-state index contributed by atoms with van der Waals surface area (Å²) in [7, 11) is 0. The molecule has 0 radical (unpaired) electrons. The lowest BCUT2D eigenvalue weighted by atomic mass is 9.96. The summed E-state index contributed by atoms with van der Waals surface area (Å²) in [5.74, 6) is 3.06. The molecule has 0 unspecified atom stereocenters. The van der Waals surface area contributed by atoms with Gasteiger partial charge in [0.05, 0.1) is 18.8 Å². The average Bonchev–Trinajstić information content (AvgIpc) is 3.29. The molecule has 22 heavy (non-hydrogen) atoms. The maximum absolute atomic E-state index is 12.2. The number of ether oxygens (including phenoxy) is 1. The number of aliphatic hydroxyl groups excluding tert-OH is 1. The van der Waals surface area contributed by atoms with Gasteiger partial charge in [0, 0.05) is 18.5 Å². The SMILES string of the molecule is O=C(NCC1(OCCO)CCSCC1)c1cc(C2CC2)on1. The third-order valence-electron chi connectivity index (χ3n) is 4.22. The Bertz CT molecular complexity index is 509. The van der Waals surface area contributed by atoms with E-state index in [9.17, 15) is 4.79 Å². The summed E-state index contributed by atoms with van der Waals surface area (Å²) in [6.45, 7) is 0.741. The fraction of sp³-hybridized carbons (Fsp3) is 0.733. The van der Waals surface area contributed by atoms with Gasteiger partial charge in [-0.1, -0.05) is 5.16 Å². The summed E-state index contributed by atoms with van der Waals surface area (Å²) in [5, 5.41) is 15.8. The van der Waals surface area contributed by atoms with Gasteiger partial charge in [-0.2, -0.15) is 11.8 Å². The van der Waals surface area contributed by atoms with Crippen LogP contribution in [0.3, 0.4) is 0 Å². The van der Waals surface area contributed by atoms with Crippen molar-refractivity contribution in [2.75, 3.05) is 31.3 Å². The second kappa shape index (κ2) is 7.02. The number of thioether (sulfide) groups is 1. The van der Waals surface area contributed by atoms with Gasteiger partial charge in [0.1, 0.15) is 5.76 Å². The van der Waals surface area contributed by atoms with E-state index < -0.39 is 0 Å². The minimum absolute atomic E-state index is 0.00310. The third-order valence-corrected chi connectivity index (χ3v) is 5.20. The van der Waals surface area contributed by atoms with E-state index in [0.29, 0.717) is 24.8 Å². The molecule has 0 aromatic carbocycles. The van der Waals surface area contributed by atoms with Crippen LogP contribution in [0.4, 0.5) is 0 Å². The molecule has 122 valence electrons. The van der Waals surface area contributed by atoms with Gasteiger partial charge in [0.15, 0.2) is 5.69 Å². The number of amides is 1. The normalized spacial score (nSPS) is 20.8. The number of hydrogen-bond donors (Lipinski definition) is 2. The Hall–Kier alpha value is -1.05. The number of hydrogen-bond acceptors (Lipinski definition) is 6. The molecule has 2 fully saturated rings. The van der Waals surface area contributed by atoms with Crippen molar-refractivity contribution in [3.05, 3.63) is 17.5 Å². The van der Waals surface area contributed by atoms with Crippen LogP contribution in [0, 0.1) is 0 Å². The molecule has 1 aromatic rings. The van der Waals surface area contributed by atoms with Crippen LogP contribution in [0.1, 0.15) is 47.8 Å². The second-order valence-corrected chi connectivity index (χ2v) is 7.16. The van der Waals surface area contributed by atoms with E-state index in [1.165, 1.54) is 0 Å². The third kappa shape index (κ3) is 3.83. The summed E-state index contributed by atoms with van der Waals surface area (Å²) >= 11 is 1.89. The van der Waals surface area contributed by atoms with Crippen molar-refractivity contribution in [2.24, 2.45) is 0 Å². The summed E-state index contributed by atoms with van der Waals surface area (Å²) in [5.41, 5.74) is -0.0310. The fourth-order valence-corrected chi connectivity index (χ4v) is 3.90. The molecule has 3 rings (SSSR count). The summed E-state index contributed by atoms with van der Waals surface area (Å²) < 4.78 is 11.1. The van der Waals surface area contributed by atoms with Crippen molar-refractivity contribution >= 4 is 17.7 Å². The molecule has 0 bridgehead atoms. The van der Waals surface area contributed by atoms with Crippen molar-refractivity contribution in [1.29, 1.82) is 0 Å². The molecule has 2 aliphatic rings. The molecule has 1 aromatic heterocycles. The zero-order chi connectivity index (χ0) is 15.4. The van der Waals surface area contributed by atoms with Crippen LogP contribution in [-0.4, -0.2) is 53.0 Å². The summed E-state index contributed by atoms with van der Waals surface area (Å²) in [6.07, 6.45) is 3.99. The van der Waals surface area contributed by atoms with Crippen LogP contribution in [0.5, 0.6) is 0 Å². The predicted octanol–water partition coefficient (Wildman–Crippen LogP) is 1.56. The lowest BCUT2D eigenvalue weighted by Crippen LogP contribution is -2.48. The molecule has 7 heteroatoms. The van der Waals surface area contributed by atoms with Gasteiger partial charge in [0.2, 0.25) is 0 Å². The van der Waals surface area contributed by atoms with Gasteiger partial charge in [-0.05, 0) is 37.2 Å². The fourth-order valence-electron chi connectivity index (χ4n) is 2.67. The van der Waals surface area contributed by atoms with E-state index in [1.54, 1.807) is 6.07 Å². The minimum Gasteiger partial charge on any atom is -0.394 e. The number of carbonyl (C=O) groups is 1. The Balaban J connectivity index is 1.56. The first-order chi connectivity index (χ1) is 10.7. The molecule has 6 nitrogen and oxygen atoms in total. The maximum Gasteiger partial charge on any atom is 0.273 e. The number of nitrogens with one attached hydrogen (secondary N) is 1. The zero-order valence-corrected chi connectivity index (χ0v) is 13.4. The van der Waals surface area contributed by atoms with Crippen LogP contribution in [-0.2, 0) is 4.74 Å². The second-order valence-electron chi connectivity index (χ2n) is 5.94. The first kappa shape index (κ1) is 15.8. The Labute approximate surface area is 134 Å². The molecule has 1 saturated carbocycles. The van der Waals surface area contributed by atoms with Crippen LogP contribution >= 0.6 is 11.8 Å². The summed E-state index contributed by atoms with van der Waals surface area (Å²) in [6, 6.07) is 1.74. The van der Waals surface area contributed by atoms with Gasteiger partial charge in [0.25, 0.3) is 5.91 Å². The van der Waals surface area contributed by atoms with Crippen molar-refractivity contribution in [1.82, 2.24) is 10.5 Å². The van der Waals surface area contributed by atoms with Crippen LogP contribution in [0.2, 0.25) is 0 Å². The molecule has 1 aliphatic heterocycles. The lowest BCUT2D eigenvalue weighted by molar-refractivity contribution is -0.0608. The van der Waals surface area contributed by atoms with E-state index >= 15 is 0 Å². The Morgan fingerprint density at radius 1 is 1.50 bits per heavy atom. The van der Waals surface area contributed by atoms with Crippen LogP contribution in [0.25, 0.3) is 0 Å².